The van der Waals surface area contributed by atoms with Crippen LogP contribution in [0.25, 0.3) is 0 Å². The highest BCUT2D eigenvalue weighted by molar-refractivity contribution is 5.30. The van der Waals surface area contributed by atoms with Gasteiger partial charge in [-0.1, -0.05) is 6.07 Å². The molecule has 2 atom stereocenters. The summed E-state index contributed by atoms with van der Waals surface area (Å²) < 4.78 is 24.8. The second-order valence-corrected chi connectivity index (χ2v) is 4.77. The van der Waals surface area contributed by atoms with Crippen molar-refractivity contribution in [2.24, 2.45) is 5.73 Å². The summed E-state index contributed by atoms with van der Waals surface area (Å²) in [6, 6.07) is 4.52. The number of nitrogens with two attached hydrogens (primary N) is 1. The highest BCUT2D eigenvalue weighted by atomic mass is 19.1. The Labute approximate surface area is 107 Å². The van der Waals surface area contributed by atoms with Crippen molar-refractivity contribution in [1.29, 1.82) is 0 Å². The molecule has 18 heavy (non-hydrogen) atoms. The first-order valence-electron chi connectivity index (χ1n) is 6.46. The lowest BCUT2D eigenvalue weighted by atomic mass is 10.1. The van der Waals surface area contributed by atoms with Crippen molar-refractivity contribution in [2.75, 3.05) is 13.2 Å². The van der Waals surface area contributed by atoms with E-state index in [1.807, 2.05) is 0 Å². The summed E-state index contributed by atoms with van der Waals surface area (Å²) in [6.45, 7) is 3.04. The molecule has 1 saturated heterocycles. The number of rotatable bonds is 4. The predicted molar refractivity (Wildman–Crippen MR) is 68.1 cm³/mol. The van der Waals surface area contributed by atoms with Gasteiger partial charge in [-0.3, -0.25) is 0 Å². The van der Waals surface area contributed by atoms with Gasteiger partial charge in [0, 0.05) is 24.3 Å². The monoisotopic (exact) mass is 253 g/mol. The Morgan fingerprint density at radius 1 is 1.50 bits per heavy atom. The Morgan fingerprint density at radius 3 is 2.94 bits per heavy atom. The lowest BCUT2D eigenvalue weighted by Gasteiger charge is -2.22. The van der Waals surface area contributed by atoms with E-state index < -0.39 is 0 Å². The van der Waals surface area contributed by atoms with Gasteiger partial charge in [-0.05, 0) is 32.3 Å². The maximum absolute atomic E-state index is 13.7. The first-order valence-corrected chi connectivity index (χ1v) is 6.46. The molecule has 1 heterocycles. The molecule has 0 saturated carbocycles. The molecule has 4 heteroatoms. The second kappa shape index (κ2) is 6.16. The molecular weight excluding hydrogens is 233 g/mol. The normalized spacial score (nSPS) is 21.6. The van der Waals surface area contributed by atoms with Crippen LogP contribution in [0.4, 0.5) is 4.39 Å². The van der Waals surface area contributed by atoms with Crippen LogP contribution >= 0.6 is 0 Å². The summed E-state index contributed by atoms with van der Waals surface area (Å²) in [7, 11) is 0. The van der Waals surface area contributed by atoms with Gasteiger partial charge in [0.1, 0.15) is 18.2 Å². The highest BCUT2D eigenvalue weighted by Gasteiger charge is 2.15. The molecule has 0 bridgehead atoms. The zero-order valence-electron chi connectivity index (χ0n) is 10.7. The summed E-state index contributed by atoms with van der Waals surface area (Å²) >= 11 is 0. The second-order valence-electron chi connectivity index (χ2n) is 4.77. The molecule has 0 amide bonds. The summed E-state index contributed by atoms with van der Waals surface area (Å²) in [5, 5.41) is 0. The molecule has 2 rings (SSSR count). The molecule has 1 aromatic rings. The highest BCUT2D eigenvalue weighted by Crippen LogP contribution is 2.21. The van der Waals surface area contributed by atoms with Gasteiger partial charge in [0.2, 0.25) is 0 Å². The van der Waals surface area contributed by atoms with Gasteiger partial charge in [0.15, 0.2) is 0 Å². The average Bonchev–Trinajstić information content (AvgIpc) is 2.37. The number of halogens is 1. The minimum atomic E-state index is -0.313. The van der Waals surface area contributed by atoms with E-state index in [-0.39, 0.29) is 18.0 Å². The Balaban J connectivity index is 1.91. The number of hydrogen-bond acceptors (Lipinski definition) is 3. The topological polar surface area (TPSA) is 44.5 Å². The Morgan fingerprint density at radius 2 is 2.33 bits per heavy atom. The zero-order valence-corrected chi connectivity index (χ0v) is 10.7. The Kier molecular flexibility index (Phi) is 4.55. The van der Waals surface area contributed by atoms with E-state index in [0.717, 1.165) is 19.4 Å². The molecule has 2 unspecified atom stereocenters. The third-order valence-corrected chi connectivity index (χ3v) is 3.17. The standard InChI is InChI=1S/C14H20FNO2/c1-10(16)13-6-5-11(8-14(13)15)18-9-12-4-2-3-7-17-12/h5-6,8,10,12H,2-4,7,9,16H2,1H3. The molecule has 3 nitrogen and oxygen atoms in total. The Hall–Kier alpha value is -1.13. The van der Waals surface area contributed by atoms with Crippen LogP contribution in [-0.4, -0.2) is 19.3 Å². The van der Waals surface area contributed by atoms with Crippen LogP contribution in [-0.2, 0) is 4.74 Å². The zero-order chi connectivity index (χ0) is 13.0. The molecule has 1 fully saturated rings. The van der Waals surface area contributed by atoms with Crippen LogP contribution in [0.3, 0.4) is 0 Å². The van der Waals surface area contributed by atoms with Crippen molar-refractivity contribution < 1.29 is 13.9 Å². The summed E-state index contributed by atoms with van der Waals surface area (Å²) in [5.74, 6) is 0.220. The molecule has 1 aromatic carbocycles. The van der Waals surface area contributed by atoms with Gasteiger partial charge in [0.25, 0.3) is 0 Å². The molecule has 0 aromatic heterocycles. The van der Waals surface area contributed by atoms with E-state index in [1.165, 1.54) is 12.5 Å². The molecule has 100 valence electrons. The fourth-order valence-electron chi connectivity index (χ4n) is 2.09. The fraction of sp³-hybridized carbons (Fsp3) is 0.571. The molecular formula is C14H20FNO2. The van der Waals surface area contributed by atoms with Gasteiger partial charge < -0.3 is 15.2 Å². The molecule has 0 radical (unpaired) electrons. The molecule has 0 spiro atoms. The first kappa shape index (κ1) is 13.3. The van der Waals surface area contributed by atoms with E-state index in [1.54, 1.807) is 19.1 Å². The number of benzene rings is 1. The van der Waals surface area contributed by atoms with Gasteiger partial charge >= 0.3 is 0 Å². The van der Waals surface area contributed by atoms with Gasteiger partial charge in [0.05, 0.1) is 6.10 Å². The van der Waals surface area contributed by atoms with Crippen molar-refractivity contribution in [3.05, 3.63) is 29.6 Å². The van der Waals surface area contributed by atoms with Crippen LogP contribution in [0.5, 0.6) is 5.75 Å². The predicted octanol–water partition coefficient (Wildman–Crippen LogP) is 2.79. The quantitative estimate of drug-likeness (QED) is 0.897. The lowest BCUT2D eigenvalue weighted by Crippen LogP contribution is -2.25. The van der Waals surface area contributed by atoms with Crippen molar-refractivity contribution in [2.45, 2.75) is 38.3 Å². The summed E-state index contributed by atoms with van der Waals surface area (Å²) in [6.07, 6.45) is 3.44. The van der Waals surface area contributed by atoms with Crippen molar-refractivity contribution in [3.8, 4) is 5.75 Å². The van der Waals surface area contributed by atoms with Crippen LogP contribution in [0.15, 0.2) is 18.2 Å². The maximum atomic E-state index is 13.7. The van der Waals surface area contributed by atoms with Crippen LogP contribution in [0, 0.1) is 5.82 Å². The largest absolute Gasteiger partial charge is 0.491 e. The molecule has 0 aliphatic carbocycles. The van der Waals surface area contributed by atoms with E-state index in [9.17, 15) is 4.39 Å². The maximum Gasteiger partial charge on any atom is 0.131 e. The van der Waals surface area contributed by atoms with E-state index in [2.05, 4.69) is 0 Å². The fourth-order valence-corrected chi connectivity index (χ4v) is 2.09. The minimum Gasteiger partial charge on any atom is -0.491 e. The van der Waals surface area contributed by atoms with Crippen molar-refractivity contribution in [1.82, 2.24) is 0 Å². The summed E-state index contributed by atoms with van der Waals surface area (Å²) in [4.78, 5) is 0. The van der Waals surface area contributed by atoms with Gasteiger partial charge in [-0.15, -0.1) is 0 Å². The third kappa shape index (κ3) is 3.43. The average molecular weight is 253 g/mol. The number of hydrogen-bond donors (Lipinski definition) is 1. The van der Waals surface area contributed by atoms with Gasteiger partial charge in [-0.2, -0.15) is 0 Å². The van der Waals surface area contributed by atoms with Gasteiger partial charge in [-0.25, -0.2) is 4.39 Å². The van der Waals surface area contributed by atoms with Crippen molar-refractivity contribution in [3.63, 3.8) is 0 Å². The molecule has 1 aliphatic heterocycles. The van der Waals surface area contributed by atoms with E-state index in [0.29, 0.717) is 17.9 Å². The van der Waals surface area contributed by atoms with Crippen LogP contribution in [0.2, 0.25) is 0 Å². The molecule has 1 aliphatic rings. The first-order chi connectivity index (χ1) is 8.66. The van der Waals surface area contributed by atoms with E-state index >= 15 is 0 Å². The van der Waals surface area contributed by atoms with E-state index in [4.69, 9.17) is 15.2 Å². The van der Waals surface area contributed by atoms with Crippen LogP contribution in [0.1, 0.15) is 37.8 Å². The number of ether oxygens (including phenoxy) is 2. The molecule has 2 N–H and O–H groups in total. The summed E-state index contributed by atoms with van der Waals surface area (Å²) in [5.41, 5.74) is 6.17. The minimum absolute atomic E-state index is 0.134. The third-order valence-electron chi connectivity index (χ3n) is 3.17. The lowest BCUT2D eigenvalue weighted by molar-refractivity contribution is -0.0111. The van der Waals surface area contributed by atoms with Crippen LogP contribution < -0.4 is 10.5 Å². The smallest absolute Gasteiger partial charge is 0.131 e. The Bertz CT molecular complexity index is 389. The SMILES string of the molecule is CC(N)c1ccc(OCC2CCCCO2)cc1F. The van der Waals surface area contributed by atoms with Crippen molar-refractivity contribution >= 4 is 0 Å².